The summed E-state index contributed by atoms with van der Waals surface area (Å²) < 4.78 is 1.98. The quantitative estimate of drug-likeness (QED) is 0.430. The van der Waals surface area contributed by atoms with Gasteiger partial charge in [-0.25, -0.2) is 4.68 Å². The number of aromatic amines is 1. The molecule has 0 unspecified atom stereocenters. The summed E-state index contributed by atoms with van der Waals surface area (Å²) >= 11 is 0. The van der Waals surface area contributed by atoms with Crippen molar-refractivity contribution in [3.63, 3.8) is 0 Å². The lowest BCUT2D eigenvalue weighted by molar-refractivity contribution is 0.210. The van der Waals surface area contributed by atoms with E-state index < -0.39 is 0 Å². The first-order valence-corrected chi connectivity index (χ1v) is 12.2. The molecule has 1 fully saturated rings. The van der Waals surface area contributed by atoms with Crippen molar-refractivity contribution in [3.05, 3.63) is 87.0 Å². The lowest BCUT2D eigenvalue weighted by atomic mass is 10.00. The molecular formula is C27H32N6O. The van der Waals surface area contributed by atoms with E-state index in [0.717, 1.165) is 41.7 Å². The van der Waals surface area contributed by atoms with E-state index in [2.05, 4.69) is 75.7 Å². The molecule has 176 valence electrons. The predicted molar refractivity (Wildman–Crippen MR) is 134 cm³/mol. The predicted octanol–water partition coefficient (Wildman–Crippen LogP) is 4.86. The van der Waals surface area contributed by atoms with Gasteiger partial charge < -0.3 is 4.98 Å². The molecule has 7 heteroatoms. The average Bonchev–Trinajstić information content (AvgIpc) is 3.52. The number of hydrogen-bond donors (Lipinski definition) is 1. The maximum atomic E-state index is 13.6. The number of tetrazole rings is 1. The summed E-state index contributed by atoms with van der Waals surface area (Å²) in [5.41, 5.74) is 4.92. The van der Waals surface area contributed by atoms with E-state index in [0.29, 0.717) is 12.1 Å². The van der Waals surface area contributed by atoms with Crippen LogP contribution in [-0.4, -0.2) is 36.6 Å². The van der Waals surface area contributed by atoms with Gasteiger partial charge in [-0.2, -0.15) is 0 Å². The van der Waals surface area contributed by atoms with Crippen molar-refractivity contribution in [2.75, 3.05) is 6.54 Å². The smallest absolute Gasteiger partial charge is 0.253 e. The molecule has 1 atom stereocenters. The summed E-state index contributed by atoms with van der Waals surface area (Å²) in [6, 6.07) is 16.6. The SMILES string of the molecule is CCN(Cc1ccccc1)[C@@H](c1cc2cc(C)cc(C)c2[nH]c1=O)c1nnnn1C1CCCC1. The second kappa shape index (κ2) is 9.50. The molecule has 0 radical (unpaired) electrons. The van der Waals surface area contributed by atoms with Gasteiger partial charge in [0.15, 0.2) is 5.82 Å². The zero-order valence-electron chi connectivity index (χ0n) is 20.2. The highest BCUT2D eigenvalue weighted by Crippen LogP contribution is 2.34. The van der Waals surface area contributed by atoms with Crippen LogP contribution in [0.15, 0.2) is 53.3 Å². The fourth-order valence-corrected chi connectivity index (χ4v) is 5.40. The van der Waals surface area contributed by atoms with Crippen LogP contribution in [0.25, 0.3) is 10.9 Å². The van der Waals surface area contributed by atoms with Crippen molar-refractivity contribution < 1.29 is 0 Å². The highest BCUT2D eigenvalue weighted by atomic mass is 16.1. The first kappa shape index (κ1) is 22.5. The molecule has 0 amide bonds. The van der Waals surface area contributed by atoms with Crippen molar-refractivity contribution in [3.8, 4) is 0 Å². The number of hydrogen-bond acceptors (Lipinski definition) is 5. The van der Waals surface area contributed by atoms with Gasteiger partial charge in [-0.15, -0.1) is 5.10 Å². The molecule has 4 aromatic rings. The van der Waals surface area contributed by atoms with Gasteiger partial charge in [-0.3, -0.25) is 9.69 Å². The van der Waals surface area contributed by atoms with Crippen LogP contribution in [0.3, 0.4) is 0 Å². The van der Waals surface area contributed by atoms with Gasteiger partial charge in [0.25, 0.3) is 5.56 Å². The molecule has 1 aliphatic carbocycles. The molecule has 5 rings (SSSR count). The van der Waals surface area contributed by atoms with Crippen LogP contribution < -0.4 is 5.56 Å². The Balaban J connectivity index is 1.68. The number of aryl methyl sites for hydroxylation is 2. The van der Waals surface area contributed by atoms with Gasteiger partial charge in [-0.1, -0.05) is 61.7 Å². The van der Waals surface area contributed by atoms with E-state index in [1.165, 1.54) is 24.0 Å². The number of pyridine rings is 1. The molecule has 0 saturated heterocycles. The molecule has 0 bridgehead atoms. The topological polar surface area (TPSA) is 79.7 Å². The summed E-state index contributed by atoms with van der Waals surface area (Å²) in [7, 11) is 0. The summed E-state index contributed by atoms with van der Waals surface area (Å²) in [6.45, 7) is 7.70. The summed E-state index contributed by atoms with van der Waals surface area (Å²) in [5.74, 6) is 0.749. The van der Waals surface area contributed by atoms with Crippen molar-refractivity contribution in [1.29, 1.82) is 0 Å². The van der Waals surface area contributed by atoms with Crippen molar-refractivity contribution in [1.82, 2.24) is 30.1 Å². The Morgan fingerprint density at radius 3 is 2.62 bits per heavy atom. The molecule has 1 N–H and O–H groups in total. The van der Waals surface area contributed by atoms with Crippen LogP contribution in [0, 0.1) is 13.8 Å². The monoisotopic (exact) mass is 456 g/mol. The maximum absolute atomic E-state index is 13.6. The first-order valence-electron chi connectivity index (χ1n) is 12.2. The normalized spacial score (nSPS) is 15.4. The number of rotatable bonds is 7. The molecule has 2 heterocycles. The van der Waals surface area contributed by atoms with E-state index in [4.69, 9.17) is 0 Å². The molecule has 2 aromatic carbocycles. The zero-order valence-corrected chi connectivity index (χ0v) is 20.2. The summed E-state index contributed by atoms with van der Waals surface area (Å²) in [4.78, 5) is 19.0. The molecule has 7 nitrogen and oxygen atoms in total. The molecule has 2 aromatic heterocycles. The van der Waals surface area contributed by atoms with Gasteiger partial charge >= 0.3 is 0 Å². The van der Waals surface area contributed by atoms with Crippen LogP contribution in [0.5, 0.6) is 0 Å². The van der Waals surface area contributed by atoms with Crippen LogP contribution >= 0.6 is 0 Å². The third kappa shape index (κ3) is 4.28. The van der Waals surface area contributed by atoms with E-state index in [1.807, 2.05) is 23.7 Å². The van der Waals surface area contributed by atoms with Crippen LogP contribution in [0.2, 0.25) is 0 Å². The second-order valence-electron chi connectivity index (χ2n) is 9.47. The van der Waals surface area contributed by atoms with Crippen molar-refractivity contribution in [2.24, 2.45) is 0 Å². The Hall–Kier alpha value is -3.32. The standard InChI is InChI=1S/C27H32N6O/c1-4-32(17-20-10-6-5-7-11-20)25(26-29-30-31-33(26)22-12-8-9-13-22)23-16-21-15-18(2)14-19(3)24(21)28-27(23)34/h5-7,10-11,14-16,22,25H,4,8-9,12-13,17H2,1-3H3,(H,28,34)/t25-/m0/s1. The van der Waals surface area contributed by atoms with Crippen molar-refractivity contribution in [2.45, 2.75) is 65.1 Å². The zero-order chi connectivity index (χ0) is 23.7. The number of benzene rings is 2. The Morgan fingerprint density at radius 2 is 1.88 bits per heavy atom. The Kier molecular flexibility index (Phi) is 6.28. The van der Waals surface area contributed by atoms with Crippen LogP contribution in [0.4, 0.5) is 0 Å². The fraction of sp³-hybridized carbons (Fsp3) is 0.407. The largest absolute Gasteiger partial charge is 0.321 e. The minimum atomic E-state index is -0.352. The van der Waals surface area contributed by atoms with Gasteiger partial charge in [0.05, 0.1) is 11.6 Å². The van der Waals surface area contributed by atoms with E-state index in [-0.39, 0.29) is 17.6 Å². The maximum Gasteiger partial charge on any atom is 0.253 e. The lowest BCUT2D eigenvalue weighted by Gasteiger charge is -2.30. The summed E-state index contributed by atoms with van der Waals surface area (Å²) in [6.07, 6.45) is 4.51. The molecular weight excluding hydrogens is 424 g/mol. The minimum Gasteiger partial charge on any atom is -0.321 e. The van der Waals surface area contributed by atoms with Crippen molar-refractivity contribution >= 4 is 10.9 Å². The van der Waals surface area contributed by atoms with Gasteiger partial charge in [0, 0.05) is 12.1 Å². The molecule has 1 saturated carbocycles. The number of nitrogens with one attached hydrogen (secondary N) is 1. The van der Waals surface area contributed by atoms with Crippen LogP contribution in [0.1, 0.15) is 72.8 Å². The first-order chi connectivity index (χ1) is 16.5. The number of aromatic nitrogens is 5. The Labute approximate surface area is 199 Å². The number of fused-ring (bicyclic) bond motifs is 1. The van der Waals surface area contributed by atoms with E-state index >= 15 is 0 Å². The molecule has 34 heavy (non-hydrogen) atoms. The van der Waals surface area contributed by atoms with Gasteiger partial charge in [0.1, 0.15) is 6.04 Å². The Bertz CT molecular complexity index is 1340. The third-order valence-corrected chi connectivity index (χ3v) is 7.05. The van der Waals surface area contributed by atoms with Crippen LogP contribution in [-0.2, 0) is 6.54 Å². The fourth-order valence-electron chi connectivity index (χ4n) is 5.40. The number of H-pyrrole nitrogens is 1. The minimum absolute atomic E-state index is 0.0862. The van der Waals surface area contributed by atoms with Gasteiger partial charge in [0.2, 0.25) is 0 Å². The lowest BCUT2D eigenvalue weighted by Crippen LogP contribution is -2.35. The molecule has 0 aliphatic heterocycles. The average molecular weight is 457 g/mol. The highest BCUT2D eigenvalue weighted by molar-refractivity contribution is 5.83. The van der Waals surface area contributed by atoms with Gasteiger partial charge in [-0.05, 0) is 72.3 Å². The van der Waals surface area contributed by atoms with E-state index in [9.17, 15) is 4.79 Å². The van der Waals surface area contributed by atoms with E-state index in [1.54, 1.807) is 0 Å². The highest BCUT2D eigenvalue weighted by Gasteiger charge is 2.32. The molecule has 1 aliphatic rings. The summed E-state index contributed by atoms with van der Waals surface area (Å²) in [5, 5.41) is 14.0. The number of nitrogens with zero attached hydrogens (tertiary/aromatic N) is 5. The second-order valence-corrected chi connectivity index (χ2v) is 9.47. The third-order valence-electron chi connectivity index (χ3n) is 7.05. The molecule has 0 spiro atoms. The Morgan fingerprint density at radius 1 is 1.12 bits per heavy atom.